The molecule has 0 aliphatic carbocycles. The van der Waals surface area contributed by atoms with Gasteiger partial charge in [-0.2, -0.15) is 0 Å². The zero-order valence-electron chi connectivity index (χ0n) is 15.6. The number of methoxy groups -OCH3 is 1. The highest BCUT2D eigenvalue weighted by atomic mass is 32.1. The van der Waals surface area contributed by atoms with Crippen molar-refractivity contribution in [3.8, 4) is 5.75 Å². The van der Waals surface area contributed by atoms with Crippen molar-refractivity contribution in [1.29, 1.82) is 0 Å². The minimum atomic E-state index is -0.351. The second-order valence-corrected chi connectivity index (χ2v) is 7.24. The lowest BCUT2D eigenvalue weighted by Gasteiger charge is -2.19. The number of benzene rings is 3. The van der Waals surface area contributed by atoms with E-state index in [9.17, 15) is 9.18 Å². The molecule has 0 atom stereocenters. The molecule has 3 aromatic carbocycles. The molecule has 0 saturated heterocycles. The zero-order chi connectivity index (χ0) is 20.2. The number of hydrogen-bond donors (Lipinski definition) is 0. The molecule has 4 aromatic rings. The predicted octanol–water partition coefficient (Wildman–Crippen LogP) is 5.82. The summed E-state index contributed by atoms with van der Waals surface area (Å²) in [6, 6.07) is 21.0. The molecule has 29 heavy (non-hydrogen) atoms. The molecule has 1 amide bonds. The Morgan fingerprint density at radius 1 is 1.07 bits per heavy atom. The molecule has 0 aliphatic heterocycles. The van der Waals surface area contributed by atoms with Crippen molar-refractivity contribution in [3.63, 3.8) is 0 Å². The minimum Gasteiger partial charge on any atom is -0.497 e. The van der Waals surface area contributed by atoms with Crippen LogP contribution >= 0.6 is 11.3 Å². The molecule has 0 saturated carbocycles. The van der Waals surface area contributed by atoms with Crippen molar-refractivity contribution in [2.24, 2.45) is 0 Å². The number of halogens is 1. The van der Waals surface area contributed by atoms with Gasteiger partial charge in [-0.05, 0) is 48.0 Å². The number of fused-ring (bicyclic) bond motifs is 1. The average molecular weight is 404 g/mol. The first-order valence-corrected chi connectivity index (χ1v) is 9.73. The van der Waals surface area contributed by atoms with E-state index in [2.05, 4.69) is 4.98 Å². The first-order chi connectivity index (χ1) is 14.1. The summed E-state index contributed by atoms with van der Waals surface area (Å²) in [4.78, 5) is 19.3. The summed E-state index contributed by atoms with van der Waals surface area (Å²) in [6.07, 6.45) is 3.01. The molecule has 1 aromatic heterocycles. The van der Waals surface area contributed by atoms with Crippen LogP contribution in [-0.2, 0) is 4.79 Å². The molecule has 0 bridgehead atoms. The Labute approximate surface area is 171 Å². The smallest absolute Gasteiger partial charge is 0.257 e. The van der Waals surface area contributed by atoms with Gasteiger partial charge < -0.3 is 4.74 Å². The highest BCUT2D eigenvalue weighted by Gasteiger charge is 2.20. The van der Waals surface area contributed by atoms with E-state index in [0.29, 0.717) is 22.1 Å². The van der Waals surface area contributed by atoms with Crippen molar-refractivity contribution >= 4 is 44.4 Å². The van der Waals surface area contributed by atoms with Gasteiger partial charge in [-0.15, -0.1) is 0 Å². The van der Waals surface area contributed by atoms with Crippen LogP contribution in [0.15, 0.2) is 78.9 Å². The minimum absolute atomic E-state index is 0.290. The number of nitrogens with zero attached hydrogens (tertiary/aromatic N) is 2. The van der Waals surface area contributed by atoms with Crippen LogP contribution in [0.4, 0.5) is 15.2 Å². The number of carbonyl (C=O) groups is 1. The Morgan fingerprint density at radius 3 is 2.69 bits per heavy atom. The number of hydrogen-bond acceptors (Lipinski definition) is 4. The van der Waals surface area contributed by atoms with Crippen LogP contribution in [0.2, 0.25) is 0 Å². The van der Waals surface area contributed by atoms with E-state index in [-0.39, 0.29) is 11.7 Å². The van der Waals surface area contributed by atoms with Crippen molar-refractivity contribution in [2.75, 3.05) is 12.0 Å². The molecule has 0 radical (unpaired) electrons. The number of rotatable bonds is 5. The molecule has 0 spiro atoms. The molecular formula is C23H17FN2O2S. The topological polar surface area (TPSA) is 42.4 Å². The SMILES string of the molecule is COc1cccc(N(C(=O)/C=C/c2cccc(F)c2)c2nc3ccccc3s2)c1. The van der Waals surface area contributed by atoms with Crippen LogP contribution < -0.4 is 9.64 Å². The Kier molecular flexibility index (Phi) is 5.35. The standard InChI is InChI=1S/C23H17FN2O2S/c1-28-19-9-5-8-18(15-19)26(23-25-20-10-2-3-11-21(20)29-23)22(27)13-12-16-6-4-7-17(24)14-16/h2-15H,1H3/b13-12+. The molecule has 1 heterocycles. The van der Waals surface area contributed by atoms with Gasteiger partial charge in [0.15, 0.2) is 5.13 Å². The fraction of sp³-hybridized carbons (Fsp3) is 0.0435. The van der Waals surface area contributed by atoms with Gasteiger partial charge in [0.05, 0.1) is 23.0 Å². The Morgan fingerprint density at radius 2 is 1.90 bits per heavy atom. The fourth-order valence-corrected chi connectivity index (χ4v) is 3.88. The Hall–Kier alpha value is -3.51. The maximum absolute atomic E-state index is 13.4. The summed E-state index contributed by atoms with van der Waals surface area (Å²) in [5.74, 6) is -0.00693. The number of para-hydroxylation sites is 1. The number of carbonyl (C=O) groups excluding carboxylic acids is 1. The molecule has 0 unspecified atom stereocenters. The normalized spacial score (nSPS) is 11.1. The zero-order valence-corrected chi connectivity index (χ0v) is 16.4. The summed E-state index contributed by atoms with van der Waals surface area (Å²) in [5, 5.41) is 0.549. The van der Waals surface area contributed by atoms with Gasteiger partial charge >= 0.3 is 0 Å². The summed E-state index contributed by atoms with van der Waals surface area (Å²) in [5.41, 5.74) is 2.06. The monoisotopic (exact) mass is 404 g/mol. The van der Waals surface area contributed by atoms with Gasteiger partial charge in [0.1, 0.15) is 11.6 Å². The van der Waals surface area contributed by atoms with Gasteiger partial charge in [0.2, 0.25) is 0 Å². The molecule has 0 aliphatic rings. The second kappa shape index (κ2) is 8.24. The van der Waals surface area contributed by atoms with E-state index in [1.165, 1.54) is 34.4 Å². The number of ether oxygens (including phenoxy) is 1. The Balaban J connectivity index is 1.75. The summed E-state index contributed by atoms with van der Waals surface area (Å²) in [6.45, 7) is 0. The Bertz CT molecular complexity index is 1170. The number of aromatic nitrogens is 1. The fourth-order valence-electron chi connectivity index (χ4n) is 2.89. The van der Waals surface area contributed by atoms with Crippen molar-refractivity contribution in [3.05, 3.63) is 90.3 Å². The average Bonchev–Trinajstić information content (AvgIpc) is 3.16. The highest BCUT2D eigenvalue weighted by Crippen LogP contribution is 2.35. The summed E-state index contributed by atoms with van der Waals surface area (Å²) >= 11 is 1.43. The van der Waals surface area contributed by atoms with Crippen LogP contribution in [0.5, 0.6) is 5.75 Å². The number of amides is 1. The molecule has 144 valence electrons. The lowest BCUT2D eigenvalue weighted by atomic mass is 10.2. The molecule has 0 N–H and O–H groups in total. The lowest BCUT2D eigenvalue weighted by Crippen LogP contribution is -2.23. The largest absolute Gasteiger partial charge is 0.497 e. The predicted molar refractivity (Wildman–Crippen MR) is 115 cm³/mol. The molecular weight excluding hydrogens is 387 g/mol. The van der Waals surface area contributed by atoms with Gasteiger partial charge in [-0.3, -0.25) is 9.69 Å². The summed E-state index contributed by atoms with van der Waals surface area (Å²) in [7, 11) is 1.58. The van der Waals surface area contributed by atoms with E-state index < -0.39 is 0 Å². The van der Waals surface area contributed by atoms with E-state index in [0.717, 1.165) is 10.2 Å². The van der Waals surface area contributed by atoms with E-state index in [1.807, 2.05) is 42.5 Å². The van der Waals surface area contributed by atoms with Crippen molar-refractivity contribution < 1.29 is 13.9 Å². The number of anilines is 2. The van der Waals surface area contributed by atoms with Gasteiger partial charge in [-0.1, -0.05) is 41.7 Å². The third-order valence-electron chi connectivity index (χ3n) is 4.27. The first kappa shape index (κ1) is 18.8. The van der Waals surface area contributed by atoms with Crippen LogP contribution in [0, 0.1) is 5.82 Å². The van der Waals surface area contributed by atoms with Crippen LogP contribution in [-0.4, -0.2) is 18.0 Å². The summed E-state index contributed by atoms with van der Waals surface area (Å²) < 4.78 is 19.7. The van der Waals surface area contributed by atoms with Gasteiger partial charge in [0.25, 0.3) is 5.91 Å². The van der Waals surface area contributed by atoms with Crippen LogP contribution in [0.25, 0.3) is 16.3 Å². The van der Waals surface area contributed by atoms with E-state index >= 15 is 0 Å². The van der Waals surface area contributed by atoms with E-state index in [4.69, 9.17) is 4.74 Å². The van der Waals surface area contributed by atoms with Crippen molar-refractivity contribution in [2.45, 2.75) is 0 Å². The maximum Gasteiger partial charge on any atom is 0.257 e. The first-order valence-electron chi connectivity index (χ1n) is 8.91. The third kappa shape index (κ3) is 4.17. The lowest BCUT2D eigenvalue weighted by molar-refractivity contribution is -0.113. The molecule has 4 nitrogen and oxygen atoms in total. The van der Waals surface area contributed by atoms with E-state index in [1.54, 1.807) is 31.4 Å². The van der Waals surface area contributed by atoms with Gasteiger partial charge in [0, 0.05) is 12.1 Å². The van der Waals surface area contributed by atoms with Crippen LogP contribution in [0.1, 0.15) is 5.56 Å². The van der Waals surface area contributed by atoms with Crippen molar-refractivity contribution in [1.82, 2.24) is 4.98 Å². The quantitative estimate of drug-likeness (QED) is 0.394. The third-order valence-corrected chi connectivity index (χ3v) is 5.29. The number of thiazole rings is 1. The molecule has 6 heteroatoms. The second-order valence-electron chi connectivity index (χ2n) is 6.23. The van der Waals surface area contributed by atoms with Crippen LogP contribution in [0.3, 0.4) is 0 Å². The van der Waals surface area contributed by atoms with Gasteiger partial charge in [-0.25, -0.2) is 9.37 Å². The highest BCUT2D eigenvalue weighted by molar-refractivity contribution is 7.22. The maximum atomic E-state index is 13.4. The molecule has 0 fully saturated rings. The molecule has 4 rings (SSSR count).